The molecule has 3 atom stereocenters. The van der Waals surface area contributed by atoms with E-state index in [0.29, 0.717) is 18.1 Å². The van der Waals surface area contributed by atoms with Crippen molar-refractivity contribution in [1.29, 1.82) is 0 Å². The maximum absolute atomic E-state index is 12.2. The van der Waals surface area contributed by atoms with Crippen molar-refractivity contribution >= 4 is 5.78 Å². The Morgan fingerprint density at radius 1 is 1.33 bits per heavy atom. The highest BCUT2D eigenvalue weighted by Gasteiger charge is 2.58. The van der Waals surface area contributed by atoms with E-state index in [1.807, 2.05) is 0 Å². The first-order valence-corrected chi connectivity index (χ1v) is 6.10. The molecule has 0 aromatic heterocycles. The number of hydrogen-bond acceptors (Lipinski definition) is 2. The molecule has 0 bridgehead atoms. The van der Waals surface area contributed by atoms with Gasteiger partial charge in [0.05, 0.1) is 6.10 Å². The highest BCUT2D eigenvalue weighted by molar-refractivity contribution is 5.89. The van der Waals surface area contributed by atoms with E-state index in [0.717, 1.165) is 19.3 Å². The number of rotatable bonds is 0. The molecule has 1 saturated heterocycles. The van der Waals surface area contributed by atoms with Gasteiger partial charge in [-0.1, -0.05) is 20.8 Å². The summed E-state index contributed by atoms with van der Waals surface area (Å²) in [4.78, 5) is 12.2. The second kappa shape index (κ2) is 3.31. The van der Waals surface area contributed by atoms with Crippen LogP contribution in [-0.4, -0.2) is 17.5 Å². The second-order valence-corrected chi connectivity index (χ2v) is 5.99. The van der Waals surface area contributed by atoms with Crippen LogP contribution in [0.3, 0.4) is 0 Å². The number of ether oxygens (including phenoxy) is 1. The second-order valence-electron chi connectivity index (χ2n) is 5.99. The standard InChI is InChI=1S/C13H22O2/c1-9-8-13(15-10(9)2)11(14)6-5-7-12(13,3)4/h9-10H,5-8H2,1-4H3/t9-,10-,13-/m0/s1. The summed E-state index contributed by atoms with van der Waals surface area (Å²) in [5, 5.41) is 0. The third-order valence-corrected chi connectivity index (χ3v) is 4.55. The monoisotopic (exact) mass is 210 g/mol. The first-order chi connectivity index (χ1) is 6.89. The third kappa shape index (κ3) is 1.45. The van der Waals surface area contributed by atoms with Crippen LogP contribution in [0.2, 0.25) is 0 Å². The predicted molar refractivity (Wildman–Crippen MR) is 59.7 cm³/mol. The van der Waals surface area contributed by atoms with Gasteiger partial charge in [-0.3, -0.25) is 4.79 Å². The lowest BCUT2D eigenvalue weighted by Crippen LogP contribution is -2.54. The summed E-state index contributed by atoms with van der Waals surface area (Å²) < 4.78 is 6.08. The van der Waals surface area contributed by atoms with Crippen LogP contribution < -0.4 is 0 Å². The normalized spacial score (nSPS) is 44.9. The van der Waals surface area contributed by atoms with E-state index in [-0.39, 0.29) is 11.5 Å². The van der Waals surface area contributed by atoms with Gasteiger partial charge in [-0.2, -0.15) is 0 Å². The Morgan fingerprint density at radius 3 is 2.47 bits per heavy atom. The van der Waals surface area contributed by atoms with Crippen LogP contribution in [0.1, 0.15) is 53.4 Å². The average Bonchev–Trinajstić information content (AvgIpc) is 2.42. The molecule has 1 aliphatic carbocycles. The van der Waals surface area contributed by atoms with Crippen LogP contribution in [0.5, 0.6) is 0 Å². The summed E-state index contributed by atoms with van der Waals surface area (Å²) in [6.07, 6.45) is 3.99. The van der Waals surface area contributed by atoms with E-state index in [1.165, 1.54) is 0 Å². The topological polar surface area (TPSA) is 26.3 Å². The van der Waals surface area contributed by atoms with Gasteiger partial charge < -0.3 is 4.74 Å². The highest BCUT2D eigenvalue weighted by Crippen LogP contribution is 2.52. The van der Waals surface area contributed by atoms with Gasteiger partial charge in [0.1, 0.15) is 5.60 Å². The van der Waals surface area contributed by atoms with Crippen molar-refractivity contribution in [1.82, 2.24) is 0 Å². The molecule has 0 aromatic rings. The minimum absolute atomic E-state index is 0.0152. The summed E-state index contributed by atoms with van der Waals surface area (Å²) >= 11 is 0. The fourth-order valence-corrected chi connectivity index (χ4v) is 3.19. The Balaban J connectivity index is 2.35. The minimum atomic E-state index is -0.468. The number of carbonyl (C=O) groups is 1. The molecule has 0 aromatic carbocycles. The molecule has 2 rings (SSSR count). The quantitative estimate of drug-likeness (QED) is 0.614. The highest BCUT2D eigenvalue weighted by atomic mass is 16.5. The molecule has 15 heavy (non-hydrogen) atoms. The van der Waals surface area contributed by atoms with E-state index in [2.05, 4.69) is 27.7 Å². The van der Waals surface area contributed by atoms with Gasteiger partial charge in [0.2, 0.25) is 0 Å². The van der Waals surface area contributed by atoms with Crippen molar-refractivity contribution in [2.24, 2.45) is 11.3 Å². The zero-order valence-corrected chi connectivity index (χ0v) is 10.3. The molecule has 1 saturated carbocycles. The largest absolute Gasteiger partial charge is 0.363 e. The van der Waals surface area contributed by atoms with Crippen molar-refractivity contribution in [3.63, 3.8) is 0 Å². The van der Waals surface area contributed by atoms with Gasteiger partial charge in [0.15, 0.2) is 5.78 Å². The van der Waals surface area contributed by atoms with Crippen LogP contribution in [-0.2, 0) is 9.53 Å². The molecule has 1 heterocycles. The van der Waals surface area contributed by atoms with Gasteiger partial charge in [0, 0.05) is 11.8 Å². The molecule has 1 aliphatic heterocycles. The van der Waals surface area contributed by atoms with E-state index in [9.17, 15) is 4.79 Å². The molecule has 2 heteroatoms. The Hall–Kier alpha value is -0.370. The van der Waals surface area contributed by atoms with E-state index in [4.69, 9.17) is 4.74 Å². The first kappa shape index (κ1) is 11.1. The van der Waals surface area contributed by atoms with Gasteiger partial charge >= 0.3 is 0 Å². The lowest BCUT2D eigenvalue weighted by Gasteiger charge is -2.46. The Bertz CT molecular complexity index is 270. The van der Waals surface area contributed by atoms with Crippen molar-refractivity contribution in [2.45, 2.75) is 65.1 Å². The van der Waals surface area contributed by atoms with Crippen LogP contribution in [0.25, 0.3) is 0 Å². The number of hydrogen-bond donors (Lipinski definition) is 0. The molecule has 2 nitrogen and oxygen atoms in total. The van der Waals surface area contributed by atoms with E-state index in [1.54, 1.807) is 0 Å². The summed E-state index contributed by atoms with van der Waals surface area (Å²) in [6.45, 7) is 8.67. The SMILES string of the molecule is C[C@@H]1O[C@@]2(C[C@@H]1C)C(=O)CCCC2(C)C. The average molecular weight is 210 g/mol. The molecule has 2 aliphatic rings. The third-order valence-electron chi connectivity index (χ3n) is 4.55. The van der Waals surface area contributed by atoms with Crippen LogP contribution in [0.4, 0.5) is 0 Å². The number of Topliss-reactive ketones (excluding diaryl/α,β-unsaturated/α-hetero) is 1. The van der Waals surface area contributed by atoms with Crippen LogP contribution in [0.15, 0.2) is 0 Å². The van der Waals surface area contributed by atoms with E-state index >= 15 is 0 Å². The van der Waals surface area contributed by atoms with Gasteiger partial charge in [-0.25, -0.2) is 0 Å². The predicted octanol–water partition coefficient (Wildman–Crippen LogP) is 2.95. The molecular formula is C13H22O2. The fraction of sp³-hybridized carbons (Fsp3) is 0.923. The maximum Gasteiger partial charge on any atom is 0.165 e. The van der Waals surface area contributed by atoms with Crippen LogP contribution in [0, 0.1) is 11.3 Å². The molecule has 0 amide bonds. The first-order valence-electron chi connectivity index (χ1n) is 6.10. The van der Waals surface area contributed by atoms with E-state index < -0.39 is 5.60 Å². The molecule has 2 fully saturated rings. The van der Waals surface area contributed by atoms with Crippen LogP contribution >= 0.6 is 0 Å². The summed E-state index contributed by atoms with van der Waals surface area (Å²) in [5.41, 5.74) is -0.453. The molecule has 86 valence electrons. The molecule has 1 spiro atoms. The molecular weight excluding hydrogens is 188 g/mol. The van der Waals surface area contributed by atoms with Gasteiger partial charge in [0.25, 0.3) is 0 Å². The number of carbonyl (C=O) groups excluding carboxylic acids is 1. The van der Waals surface area contributed by atoms with Crippen molar-refractivity contribution < 1.29 is 9.53 Å². The summed E-state index contributed by atoms with van der Waals surface area (Å²) in [5.74, 6) is 0.848. The lowest BCUT2D eigenvalue weighted by atomic mass is 9.63. The number of ketones is 1. The summed E-state index contributed by atoms with van der Waals surface area (Å²) in [7, 11) is 0. The zero-order valence-electron chi connectivity index (χ0n) is 10.3. The fourth-order valence-electron chi connectivity index (χ4n) is 3.19. The molecule has 0 unspecified atom stereocenters. The molecule has 0 N–H and O–H groups in total. The Kier molecular flexibility index (Phi) is 2.45. The van der Waals surface area contributed by atoms with Gasteiger partial charge in [-0.15, -0.1) is 0 Å². The minimum Gasteiger partial charge on any atom is -0.363 e. The zero-order chi connectivity index (χ0) is 11.3. The lowest BCUT2D eigenvalue weighted by molar-refractivity contribution is -0.167. The van der Waals surface area contributed by atoms with Gasteiger partial charge in [-0.05, 0) is 32.1 Å². The molecule has 0 radical (unpaired) electrons. The Labute approximate surface area is 92.4 Å². The summed E-state index contributed by atoms with van der Waals surface area (Å²) in [6, 6.07) is 0. The van der Waals surface area contributed by atoms with Crippen molar-refractivity contribution in [3.8, 4) is 0 Å². The van der Waals surface area contributed by atoms with Crippen molar-refractivity contribution in [2.75, 3.05) is 0 Å². The Morgan fingerprint density at radius 2 is 2.00 bits per heavy atom. The maximum atomic E-state index is 12.2. The van der Waals surface area contributed by atoms with Crippen molar-refractivity contribution in [3.05, 3.63) is 0 Å². The smallest absolute Gasteiger partial charge is 0.165 e.